The van der Waals surface area contributed by atoms with Crippen molar-refractivity contribution in [1.29, 1.82) is 0 Å². The van der Waals surface area contributed by atoms with Crippen LogP contribution in [0.3, 0.4) is 0 Å². The van der Waals surface area contributed by atoms with Gasteiger partial charge in [-0.1, -0.05) is 44.1 Å². The molecule has 2 aliphatic rings. The predicted octanol–water partition coefficient (Wildman–Crippen LogP) is 3.25. The average molecular weight is 633 g/mol. The van der Waals surface area contributed by atoms with Crippen molar-refractivity contribution in [3.8, 4) is 5.75 Å². The lowest BCUT2D eigenvalue weighted by Crippen LogP contribution is -3.01. The van der Waals surface area contributed by atoms with Crippen LogP contribution in [0.4, 0.5) is 16.2 Å². The second-order valence-electron chi connectivity index (χ2n) is 12.4. The number of carbonyl (C=O) groups is 2. The summed E-state index contributed by atoms with van der Waals surface area (Å²) in [6.45, 7) is 9.80. The Hall–Kier alpha value is -4.59. The first-order chi connectivity index (χ1) is 21.2. The second-order valence-corrected chi connectivity index (χ2v) is 14.0. The topological polar surface area (TPSA) is 147 Å². The van der Waals surface area contributed by atoms with Crippen LogP contribution in [0.15, 0.2) is 90.1 Å². The molecule has 2 aliphatic heterocycles. The van der Waals surface area contributed by atoms with Crippen LogP contribution in [0.25, 0.3) is 0 Å². The Kier molecular flexibility index (Phi) is 8.79. The summed E-state index contributed by atoms with van der Waals surface area (Å²) in [6.07, 6.45) is 6.15. The number of carbonyl (C=O) groups excluding carboxylic acids is 2. The van der Waals surface area contributed by atoms with Gasteiger partial charge in [0.2, 0.25) is 5.82 Å². The minimum Gasteiger partial charge on any atom is -0.493 e. The van der Waals surface area contributed by atoms with Crippen molar-refractivity contribution in [1.82, 2.24) is 19.3 Å². The van der Waals surface area contributed by atoms with Crippen molar-refractivity contribution < 1.29 is 27.8 Å². The smallest absolute Gasteiger partial charge is 0.327 e. The van der Waals surface area contributed by atoms with Crippen LogP contribution in [-0.2, 0) is 28.0 Å². The summed E-state index contributed by atoms with van der Waals surface area (Å²) in [5.74, 6) is 0.669. The van der Waals surface area contributed by atoms with Crippen molar-refractivity contribution in [2.75, 3.05) is 11.9 Å². The number of nitrogens with zero attached hydrogens (tertiary/aromatic N) is 3. The molecule has 3 aromatic rings. The van der Waals surface area contributed by atoms with E-state index in [0.29, 0.717) is 34.4 Å². The van der Waals surface area contributed by atoms with Crippen molar-refractivity contribution >= 4 is 39.2 Å². The Bertz CT molecular complexity index is 1730. The third-order valence-corrected chi connectivity index (χ3v) is 9.13. The predicted molar refractivity (Wildman–Crippen MR) is 171 cm³/mol. The first kappa shape index (κ1) is 31.8. The third kappa shape index (κ3) is 7.39. The minimum absolute atomic E-state index is 0.0257. The summed E-state index contributed by atoms with van der Waals surface area (Å²) in [6, 6.07) is 17.8. The number of ether oxygens (including phenoxy) is 1. The van der Waals surface area contributed by atoms with Crippen LogP contribution in [-0.4, -0.2) is 47.5 Å². The number of urea groups is 1. The van der Waals surface area contributed by atoms with E-state index < -0.39 is 27.7 Å². The molecule has 0 bridgehead atoms. The maximum atomic E-state index is 13.1. The summed E-state index contributed by atoms with van der Waals surface area (Å²) in [7, 11) is -3.92. The summed E-state index contributed by atoms with van der Waals surface area (Å²) in [5, 5.41) is 11.2. The number of amides is 3. The molecule has 1 fully saturated rings. The molecule has 2 aromatic carbocycles. The normalized spacial score (nSPS) is 19.0. The van der Waals surface area contributed by atoms with Gasteiger partial charge in [0.15, 0.2) is 5.69 Å². The van der Waals surface area contributed by atoms with Gasteiger partial charge in [-0.25, -0.2) is 9.52 Å². The molecular formula is C32H38N7O5S+. The number of rotatable bonds is 9. The molecule has 5 rings (SSSR count). The van der Waals surface area contributed by atoms with Crippen molar-refractivity contribution in [2.45, 2.75) is 53.1 Å². The number of anilines is 1. The fourth-order valence-electron chi connectivity index (χ4n) is 4.80. The molecule has 0 spiro atoms. The highest BCUT2D eigenvalue weighted by molar-refractivity contribution is 7.88. The second kappa shape index (κ2) is 12.4. The lowest BCUT2D eigenvalue weighted by atomic mass is 9.90. The van der Waals surface area contributed by atoms with E-state index in [1.165, 1.54) is 0 Å². The van der Waals surface area contributed by atoms with E-state index in [2.05, 4.69) is 20.3 Å². The van der Waals surface area contributed by atoms with E-state index in [9.17, 15) is 18.0 Å². The van der Waals surface area contributed by atoms with E-state index >= 15 is 0 Å². The van der Waals surface area contributed by atoms with Gasteiger partial charge in [-0.2, -0.15) is 12.7 Å². The van der Waals surface area contributed by atoms with Crippen molar-refractivity contribution in [2.24, 2.45) is 10.5 Å². The molecule has 1 saturated heterocycles. The quantitative estimate of drug-likeness (QED) is 0.285. The number of nitrogens with one attached hydrogen (secondary N) is 4. The first-order valence-electron chi connectivity index (χ1n) is 14.5. The number of hydrogen-bond acceptors (Lipinski definition) is 7. The fraction of sp³-hybridized carbons (Fsp3) is 0.312. The Labute approximate surface area is 263 Å². The summed E-state index contributed by atoms with van der Waals surface area (Å²) >= 11 is 0. The molecule has 1 aromatic heterocycles. The number of benzene rings is 2. The fourth-order valence-corrected chi connectivity index (χ4v) is 6.39. The van der Waals surface area contributed by atoms with Crippen LogP contribution in [0, 0.1) is 5.41 Å². The Morgan fingerprint density at radius 1 is 1.02 bits per heavy atom. The van der Waals surface area contributed by atoms with Gasteiger partial charge < -0.3 is 10.1 Å². The van der Waals surface area contributed by atoms with Gasteiger partial charge in [0, 0.05) is 54.7 Å². The maximum Gasteiger partial charge on any atom is 0.327 e. The van der Waals surface area contributed by atoms with Crippen molar-refractivity contribution in [3.05, 3.63) is 96.1 Å². The van der Waals surface area contributed by atoms with Gasteiger partial charge in [-0.3, -0.25) is 15.1 Å². The highest BCUT2D eigenvalue weighted by Crippen LogP contribution is 2.28. The van der Waals surface area contributed by atoms with E-state index in [1.54, 1.807) is 56.4 Å². The number of allylic oxidation sites excluding steroid dienone is 1. The van der Waals surface area contributed by atoms with Gasteiger partial charge in [0.1, 0.15) is 17.0 Å². The molecule has 3 amide bonds. The standard InChI is InChI=1S/C32H37N7O5S/c1-31(2,3)27-19-28(35-30(41)34-24-10-14-26(15-11-24)44-18-16-22-7-6-17-33-20-22)39(36-27)25-12-8-23(9-13-25)21-38-32(4,5)29(40)37-45(38,42)43/h6-15,17,19-20H,16,18,21H2,1-5H3,(H,37,40)(H2,34,35,41)/p+1. The number of quaternary nitrogens is 1. The van der Waals surface area contributed by atoms with E-state index in [0.717, 1.165) is 27.7 Å². The van der Waals surface area contributed by atoms with Gasteiger partial charge in [-0.15, -0.1) is 5.01 Å². The van der Waals surface area contributed by atoms with Crippen LogP contribution in [0.2, 0.25) is 0 Å². The van der Waals surface area contributed by atoms with Crippen molar-refractivity contribution in [3.63, 3.8) is 0 Å². The molecule has 12 nitrogen and oxygen atoms in total. The van der Waals surface area contributed by atoms with E-state index in [4.69, 9.17) is 9.84 Å². The number of pyridine rings is 1. The monoisotopic (exact) mass is 632 g/mol. The largest absolute Gasteiger partial charge is 0.493 e. The molecular weight excluding hydrogens is 594 g/mol. The van der Waals surface area contributed by atoms with E-state index in [-0.39, 0.29) is 12.0 Å². The molecule has 4 N–H and O–H groups in total. The zero-order valence-electron chi connectivity index (χ0n) is 25.9. The molecule has 3 heterocycles. The summed E-state index contributed by atoms with van der Waals surface area (Å²) in [4.78, 5) is 29.3. The van der Waals surface area contributed by atoms with Gasteiger partial charge in [-0.05, 0) is 55.3 Å². The zero-order chi connectivity index (χ0) is 32.4. The highest BCUT2D eigenvalue weighted by atomic mass is 32.2. The summed E-state index contributed by atoms with van der Waals surface area (Å²) < 4.78 is 34.0. The van der Waals surface area contributed by atoms with Gasteiger partial charge in [0.25, 0.3) is 5.91 Å². The molecule has 236 valence electrons. The van der Waals surface area contributed by atoms with Crippen LogP contribution < -0.4 is 25.1 Å². The minimum atomic E-state index is -3.92. The third-order valence-electron chi connectivity index (χ3n) is 7.52. The molecule has 1 atom stereocenters. The van der Waals surface area contributed by atoms with Gasteiger partial charge >= 0.3 is 16.2 Å². The molecule has 0 aliphatic carbocycles. The molecule has 13 heteroatoms. The Morgan fingerprint density at radius 2 is 1.73 bits per heavy atom. The SMILES string of the molecule is CC(C)(C)C1=N[NH+](c2ccc(CN3C(C)(C)C(=O)NS3(=O)=O)cc2)C(NC(=O)Nc2ccc(OCCc3cccnc3)cc2)=C1. The summed E-state index contributed by atoms with van der Waals surface area (Å²) in [5.41, 5.74) is 2.47. The molecule has 0 saturated carbocycles. The number of aromatic nitrogens is 1. The van der Waals surface area contributed by atoms with Gasteiger partial charge in [0.05, 0.1) is 6.61 Å². The molecule has 1 unspecified atom stereocenters. The number of hydrogen-bond donors (Lipinski definition) is 4. The Morgan fingerprint density at radius 3 is 2.33 bits per heavy atom. The average Bonchev–Trinajstić information content (AvgIpc) is 3.47. The first-order valence-corrected chi connectivity index (χ1v) is 16.0. The van der Waals surface area contributed by atoms with Crippen LogP contribution >= 0.6 is 0 Å². The lowest BCUT2D eigenvalue weighted by molar-refractivity contribution is -0.797. The lowest BCUT2D eigenvalue weighted by Gasteiger charge is -2.25. The van der Waals surface area contributed by atoms with Crippen LogP contribution in [0.1, 0.15) is 45.7 Å². The maximum absolute atomic E-state index is 13.1. The van der Waals surface area contributed by atoms with Crippen LogP contribution in [0.5, 0.6) is 5.75 Å². The van der Waals surface area contributed by atoms with E-state index in [1.807, 2.05) is 57.3 Å². The molecule has 0 radical (unpaired) electrons. The highest BCUT2D eigenvalue weighted by Gasteiger charge is 2.50. The Balaban J connectivity index is 1.23. The molecule has 45 heavy (non-hydrogen) atoms. The zero-order valence-corrected chi connectivity index (χ0v) is 26.7.